The van der Waals surface area contributed by atoms with Gasteiger partial charge in [-0.2, -0.15) is 0 Å². The van der Waals surface area contributed by atoms with E-state index in [0.717, 1.165) is 0 Å². The molecule has 3 fully saturated rings. The number of fused-ring (bicyclic) bond motifs is 3. The van der Waals surface area contributed by atoms with Crippen LogP contribution >= 0.6 is 8.38 Å². The second-order valence-corrected chi connectivity index (χ2v) is 16.4. The number of aliphatic hydroxyl groups is 5. The van der Waals surface area contributed by atoms with Crippen LogP contribution in [0.25, 0.3) is 0 Å². The maximum atomic E-state index is 12.5. The molecule has 15 atom stereocenters. The van der Waals surface area contributed by atoms with Crippen molar-refractivity contribution in [3.05, 3.63) is 101 Å². The number of esters is 1. The topological polar surface area (TPSA) is 301 Å². The quantitative estimate of drug-likeness (QED) is 0.0590. The zero-order chi connectivity index (χ0) is 43.7. The molecule has 330 valence electrons. The highest BCUT2D eigenvalue weighted by Gasteiger charge is 2.52. The first kappa shape index (κ1) is 47.3. The Morgan fingerprint density at radius 1 is 0.950 bits per heavy atom. The SMILES string of the molecule is C[C@@H]1C/C=C/C=C/C=C/C=C/[C@H](O[C@@H]2O[C@H](C)[C@@H](O)[C@H](NC(c3ccc([N+](=O)[O-])cc3)P(O)O)[C@@H]2O)C[C@@H]2O[C@](O)(C[C@@H](O)C[C@H]3O[C@@H]3/C=C/C(=O)O1)C[C@H](O)[C@H]2C(=O)O. The molecule has 4 aliphatic rings. The summed E-state index contributed by atoms with van der Waals surface area (Å²) in [7, 11) is -2.82. The minimum Gasteiger partial charge on any atom is -0.481 e. The molecule has 0 spiro atoms. The lowest BCUT2D eigenvalue weighted by Gasteiger charge is -2.46. The van der Waals surface area contributed by atoms with E-state index in [9.17, 15) is 60.1 Å². The molecule has 3 saturated heterocycles. The van der Waals surface area contributed by atoms with Gasteiger partial charge in [0.15, 0.2) is 20.5 Å². The van der Waals surface area contributed by atoms with Gasteiger partial charge >= 0.3 is 11.9 Å². The first-order valence-electron chi connectivity index (χ1n) is 19.5. The molecular formula is C40H53N2O17P. The van der Waals surface area contributed by atoms with Crippen LogP contribution in [0.5, 0.6) is 0 Å². The number of epoxide rings is 1. The van der Waals surface area contributed by atoms with Crippen LogP contribution < -0.4 is 5.32 Å². The lowest BCUT2D eigenvalue weighted by Crippen LogP contribution is -2.63. The monoisotopic (exact) mass is 864 g/mol. The third-order valence-corrected chi connectivity index (χ3v) is 11.4. The largest absolute Gasteiger partial charge is 0.481 e. The van der Waals surface area contributed by atoms with Crippen molar-refractivity contribution in [1.82, 2.24) is 5.32 Å². The molecule has 0 radical (unpaired) electrons. The van der Waals surface area contributed by atoms with Gasteiger partial charge in [-0.05, 0) is 25.5 Å². The molecule has 0 saturated carbocycles. The number of allylic oxidation sites excluding steroid dienone is 6. The molecular weight excluding hydrogens is 811 g/mol. The van der Waals surface area contributed by atoms with Gasteiger partial charge in [-0.3, -0.25) is 20.2 Å². The number of nitro groups is 1. The zero-order valence-corrected chi connectivity index (χ0v) is 33.7. The number of hydrogen-bond donors (Lipinski definition) is 9. The van der Waals surface area contributed by atoms with Gasteiger partial charge in [-0.15, -0.1) is 0 Å². The van der Waals surface area contributed by atoms with E-state index in [1.807, 2.05) is 6.08 Å². The summed E-state index contributed by atoms with van der Waals surface area (Å²) < 4.78 is 29.0. The third-order valence-electron chi connectivity index (χ3n) is 10.5. The number of ether oxygens (including phenoxy) is 5. The summed E-state index contributed by atoms with van der Waals surface area (Å²) in [5, 5.41) is 80.5. The van der Waals surface area contributed by atoms with Crippen LogP contribution in [0.4, 0.5) is 5.69 Å². The minimum atomic E-state index is -2.82. The summed E-state index contributed by atoms with van der Waals surface area (Å²) in [6.07, 6.45) is 2.67. The Balaban J connectivity index is 1.41. The fourth-order valence-electron chi connectivity index (χ4n) is 7.43. The number of non-ortho nitro benzene ring substituents is 1. The summed E-state index contributed by atoms with van der Waals surface area (Å²) in [5.74, 6) is -7.07. The summed E-state index contributed by atoms with van der Waals surface area (Å²) >= 11 is 0. The van der Waals surface area contributed by atoms with E-state index in [1.165, 1.54) is 49.4 Å². The summed E-state index contributed by atoms with van der Waals surface area (Å²) in [6, 6.07) is 3.61. The summed E-state index contributed by atoms with van der Waals surface area (Å²) in [5.41, 5.74) is -0.0299. The second kappa shape index (κ2) is 21.3. The molecule has 9 N–H and O–H groups in total. The minimum absolute atomic E-state index is 0.0179. The maximum Gasteiger partial charge on any atom is 0.330 e. The second-order valence-electron chi connectivity index (χ2n) is 15.3. The third kappa shape index (κ3) is 13.1. The number of carboxylic acids is 1. The number of nitrogens with one attached hydrogen (secondary N) is 1. The first-order valence-corrected chi connectivity index (χ1v) is 20.8. The zero-order valence-electron chi connectivity index (χ0n) is 32.8. The van der Waals surface area contributed by atoms with Crippen LogP contribution in [-0.2, 0) is 33.3 Å². The average molecular weight is 865 g/mol. The first-order chi connectivity index (χ1) is 28.4. The standard InChI is InChI=1S/C40H53N2O17P/c1-22-10-8-6-4-3-5-7-9-11-27(57-39-36(47)34(35(46)23(2)56-39)41-37(60(53)54)24-12-14-25(15-13-24)42(51)52)19-31-33(38(48)49)28(44)21-40(50,59-31)20-26(43)18-30-29(58-30)16-17-32(45)55-22/h3-9,11-17,22-23,26-31,33-37,39,41,43-44,46-47,50,53-54H,10,18-21H2,1-2H3,(H,48,49)/b4-3+,7-5+,8-6+,11-9+,17-16+/t22-,23-,26+,27+,28+,29-,30-,31+,33-,34+,35-,36+,37?,39+,40-/m1/s1. The normalized spacial score (nSPS) is 40.1. The molecule has 20 heteroatoms. The number of aliphatic carboxylic acids is 1. The van der Waals surface area contributed by atoms with Gasteiger partial charge < -0.3 is 64.1 Å². The molecule has 1 aromatic rings. The van der Waals surface area contributed by atoms with Crippen molar-refractivity contribution in [2.24, 2.45) is 5.92 Å². The molecule has 0 aliphatic carbocycles. The Kier molecular flexibility index (Phi) is 16.8. The molecule has 1 aromatic carbocycles. The van der Waals surface area contributed by atoms with Gasteiger partial charge in [-0.1, -0.05) is 60.7 Å². The van der Waals surface area contributed by atoms with Crippen LogP contribution in [0.3, 0.4) is 0 Å². The van der Waals surface area contributed by atoms with Crippen LogP contribution in [0, 0.1) is 16.0 Å². The van der Waals surface area contributed by atoms with E-state index in [2.05, 4.69) is 5.32 Å². The molecule has 2 bridgehead atoms. The van der Waals surface area contributed by atoms with Crippen molar-refractivity contribution in [3.8, 4) is 0 Å². The van der Waals surface area contributed by atoms with Crippen LogP contribution in [0.15, 0.2) is 85.0 Å². The van der Waals surface area contributed by atoms with Crippen molar-refractivity contribution in [2.45, 2.75) is 131 Å². The molecule has 4 aliphatic heterocycles. The fourth-order valence-corrected chi connectivity index (χ4v) is 8.17. The van der Waals surface area contributed by atoms with Crippen LogP contribution in [-0.4, -0.2) is 136 Å². The average Bonchev–Trinajstić information content (AvgIpc) is 3.91. The van der Waals surface area contributed by atoms with Gasteiger partial charge in [0.1, 0.15) is 30.0 Å². The molecule has 1 unspecified atom stereocenters. The van der Waals surface area contributed by atoms with E-state index in [4.69, 9.17) is 23.7 Å². The Labute approximate surface area is 346 Å². The van der Waals surface area contributed by atoms with Crippen LogP contribution in [0.2, 0.25) is 0 Å². The Hall–Kier alpha value is -3.79. The number of carboxylic acid groups (broad SMARTS) is 1. The molecule has 19 nitrogen and oxygen atoms in total. The molecule has 60 heavy (non-hydrogen) atoms. The number of rotatable bonds is 8. The number of hydrogen-bond acceptors (Lipinski definition) is 17. The highest BCUT2D eigenvalue weighted by atomic mass is 31.2. The van der Waals surface area contributed by atoms with Crippen molar-refractivity contribution in [3.63, 3.8) is 0 Å². The maximum absolute atomic E-state index is 12.5. The number of aliphatic hydroxyl groups excluding tert-OH is 4. The Morgan fingerprint density at radius 2 is 1.63 bits per heavy atom. The summed E-state index contributed by atoms with van der Waals surface area (Å²) in [6.45, 7) is 3.22. The van der Waals surface area contributed by atoms with Gasteiger partial charge in [0, 0.05) is 50.3 Å². The molecule has 5 rings (SSSR count). The van der Waals surface area contributed by atoms with Gasteiger partial charge in [0.25, 0.3) is 5.69 Å². The Morgan fingerprint density at radius 3 is 2.30 bits per heavy atom. The highest BCUT2D eigenvalue weighted by Crippen LogP contribution is 2.44. The number of carbonyl (C=O) groups excluding carboxylic acids is 1. The highest BCUT2D eigenvalue weighted by molar-refractivity contribution is 7.45. The number of benzene rings is 1. The fraction of sp³-hybridized carbons (Fsp3) is 0.550. The number of carbonyl (C=O) groups is 2. The summed E-state index contributed by atoms with van der Waals surface area (Å²) in [4.78, 5) is 56.0. The number of nitrogens with zero attached hydrogens (tertiary/aromatic N) is 1. The van der Waals surface area contributed by atoms with E-state index < -0.39 is 129 Å². The lowest BCUT2D eigenvalue weighted by atomic mass is 9.83. The van der Waals surface area contributed by atoms with E-state index >= 15 is 0 Å². The van der Waals surface area contributed by atoms with Crippen molar-refractivity contribution < 1.29 is 78.6 Å². The predicted octanol–water partition coefficient (Wildman–Crippen LogP) is 1.65. The van der Waals surface area contributed by atoms with Crippen molar-refractivity contribution in [2.75, 3.05) is 0 Å². The van der Waals surface area contributed by atoms with Gasteiger partial charge in [0.2, 0.25) is 0 Å². The van der Waals surface area contributed by atoms with E-state index in [0.29, 0.717) is 6.42 Å². The molecule has 0 amide bonds. The van der Waals surface area contributed by atoms with E-state index in [-0.39, 0.29) is 24.1 Å². The number of cyclic esters (lactones) is 1. The number of nitro benzene ring substituents is 1. The van der Waals surface area contributed by atoms with Crippen LogP contribution in [0.1, 0.15) is 57.3 Å². The lowest BCUT2D eigenvalue weighted by molar-refractivity contribution is -0.384. The predicted molar refractivity (Wildman–Crippen MR) is 211 cm³/mol. The van der Waals surface area contributed by atoms with E-state index in [1.54, 1.807) is 43.4 Å². The van der Waals surface area contributed by atoms with Crippen molar-refractivity contribution >= 4 is 26.0 Å². The van der Waals surface area contributed by atoms with Gasteiger partial charge in [0.05, 0.1) is 53.7 Å². The molecule has 4 heterocycles. The molecule has 0 aromatic heterocycles. The smallest absolute Gasteiger partial charge is 0.330 e. The van der Waals surface area contributed by atoms with Gasteiger partial charge in [-0.25, -0.2) is 4.79 Å². The Bertz CT molecular complexity index is 1770. The van der Waals surface area contributed by atoms with Crippen molar-refractivity contribution in [1.29, 1.82) is 0 Å².